The van der Waals surface area contributed by atoms with Gasteiger partial charge in [0.1, 0.15) is 5.82 Å². The zero-order valence-electron chi connectivity index (χ0n) is 11.9. The van der Waals surface area contributed by atoms with Crippen molar-refractivity contribution in [3.8, 4) is 0 Å². The zero-order chi connectivity index (χ0) is 15.6. The van der Waals surface area contributed by atoms with Crippen LogP contribution in [-0.2, 0) is 6.42 Å². The number of halogens is 1. The molecule has 6 heteroatoms. The van der Waals surface area contributed by atoms with Gasteiger partial charge in [-0.15, -0.1) is 0 Å². The molecule has 1 aromatic heterocycles. The Kier molecular flexibility index (Phi) is 4.47. The minimum Gasteiger partial charge on any atom is -0.393 e. The molecule has 0 bridgehead atoms. The second-order valence-corrected chi connectivity index (χ2v) is 5.50. The Hall–Kier alpha value is -2.08. The molecule has 21 heavy (non-hydrogen) atoms. The SMILES string of the molecule is CC(C)CC(O)Cc1c(F)cc([N+](=O)[O-])c2cccnc12. The van der Waals surface area contributed by atoms with Crippen molar-refractivity contribution in [2.24, 2.45) is 5.92 Å². The normalized spacial score (nSPS) is 12.8. The molecule has 0 amide bonds. The number of pyridine rings is 1. The maximum absolute atomic E-state index is 14.2. The number of nitrogens with zero attached hydrogens (tertiary/aromatic N) is 2. The van der Waals surface area contributed by atoms with Crippen LogP contribution in [0.5, 0.6) is 0 Å². The van der Waals surface area contributed by atoms with E-state index in [0.29, 0.717) is 6.42 Å². The van der Waals surface area contributed by atoms with Crippen molar-refractivity contribution in [2.75, 3.05) is 0 Å². The van der Waals surface area contributed by atoms with E-state index in [9.17, 15) is 19.6 Å². The van der Waals surface area contributed by atoms with Gasteiger partial charge in [0.2, 0.25) is 0 Å². The van der Waals surface area contributed by atoms with Crippen LogP contribution in [0, 0.1) is 21.8 Å². The molecule has 0 aliphatic heterocycles. The minimum absolute atomic E-state index is 0.0928. The molecule has 1 N–H and O–H groups in total. The molecule has 0 saturated carbocycles. The van der Waals surface area contributed by atoms with Crippen LogP contribution in [0.3, 0.4) is 0 Å². The summed E-state index contributed by atoms with van der Waals surface area (Å²) in [6.45, 7) is 3.93. The molecule has 0 fully saturated rings. The van der Waals surface area contributed by atoms with E-state index >= 15 is 0 Å². The van der Waals surface area contributed by atoms with Crippen LogP contribution in [0.4, 0.5) is 10.1 Å². The van der Waals surface area contributed by atoms with Crippen LogP contribution >= 0.6 is 0 Å². The lowest BCUT2D eigenvalue weighted by molar-refractivity contribution is -0.383. The Bertz CT molecular complexity index is 673. The number of nitro groups is 1. The number of hydrogen-bond donors (Lipinski definition) is 1. The summed E-state index contributed by atoms with van der Waals surface area (Å²) in [4.78, 5) is 14.4. The van der Waals surface area contributed by atoms with Gasteiger partial charge in [-0.25, -0.2) is 4.39 Å². The van der Waals surface area contributed by atoms with Crippen molar-refractivity contribution < 1.29 is 14.4 Å². The van der Waals surface area contributed by atoms with Crippen LogP contribution in [0.25, 0.3) is 10.9 Å². The van der Waals surface area contributed by atoms with Gasteiger partial charge in [-0.1, -0.05) is 13.8 Å². The average molecular weight is 292 g/mol. The molecule has 112 valence electrons. The Morgan fingerprint density at radius 3 is 2.81 bits per heavy atom. The summed E-state index contributed by atoms with van der Waals surface area (Å²) >= 11 is 0. The molecular weight excluding hydrogens is 275 g/mol. The number of non-ortho nitro benzene ring substituents is 1. The van der Waals surface area contributed by atoms with E-state index in [0.717, 1.165) is 6.07 Å². The fraction of sp³-hybridized carbons (Fsp3) is 0.400. The van der Waals surface area contributed by atoms with Gasteiger partial charge >= 0.3 is 0 Å². The fourth-order valence-corrected chi connectivity index (χ4v) is 2.46. The largest absolute Gasteiger partial charge is 0.393 e. The second kappa shape index (κ2) is 6.13. The molecule has 0 saturated heterocycles. The standard InChI is InChI=1S/C15H17FN2O3/c1-9(2)6-10(19)7-12-13(16)8-14(18(20)21)11-4-3-5-17-15(11)12/h3-5,8-10,19H,6-7H2,1-2H3. The van der Waals surface area contributed by atoms with E-state index in [4.69, 9.17) is 0 Å². The van der Waals surface area contributed by atoms with Gasteiger partial charge in [-0.05, 0) is 24.5 Å². The number of aromatic nitrogens is 1. The van der Waals surface area contributed by atoms with E-state index < -0.39 is 16.8 Å². The highest BCUT2D eigenvalue weighted by atomic mass is 19.1. The molecule has 1 unspecified atom stereocenters. The van der Waals surface area contributed by atoms with Gasteiger partial charge in [-0.2, -0.15) is 0 Å². The molecule has 0 aliphatic carbocycles. The van der Waals surface area contributed by atoms with Crippen molar-refractivity contribution >= 4 is 16.6 Å². The lowest BCUT2D eigenvalue weighted by Crippen LogP contribution is -2.15. The van der Waals surface area contributed by atoms with E-state index in [1.54, 1.807) is 6.07 Å². The van der Waals surface area contributed by atoms with Crippen LogP contribution in [0.1, 0.15) is 25.8 Å². The summed E-state index contributed by atoms with van der Waals surface area (Å²) in [5.74, 6) is -0.420. The third-order valence-corrected chi connectivity index (χ3v) is 3.30. The zero-order valence-corrected chi connectivity index (χ0v) is 11.9. The molecule has 1 atom stereocenters. The molecule has 0 radical (unpaired) electrons. The Balaban J connectivity index is 2.52. The summed E-state index contributed by atoms with van der Waals surface area (Å²) in [5, 5.41) is 21.3. The van der Waals surface area contributed by atoms with Gasteiger partial charge in [0, 0.05) is 18.2 Å². The van der Waals surface area contributed by atoms with Gasteiger partial charge < -0.3 is 5.11 Å². The number of hydrogen-bond acceptors (Lipinski definition) is 4. The first-order valence-corrected chi connectivity index (χ1v) is 6.78. The van der Waals surface area contributed by atoms with Gasteiger partial charge in [-0.3, -0.25) is 15.1 Å². The van der Waals surface area contributed by atoms with Crippen LogP contribution < -0.4 is 0 Å². The number of nitro benzene ring substituents is 1. The summed E-state index contributed by atoms with van der Waals surface area (Å²) in [7, 11) is 0. The first-order valence-electron chi connectivity index (χ1n) is 6.78. The van der Waals surface area contributed by atoms with Crippen LogP contribution in [-0.4, -0.2) is 21.1 Å². The Morgan fingerprint density at radius 1 is 1.48 bits per heavy atom. The summed E-state index contributed by atoms with van der Waals surface area (Å²) in [6.07, 6.45) is 1.38. The third-order valence-electron chi connectivity index (χ3n) is 3.30. The molecule has 1 heterocycles. The monoisotopic (exact) mass is 292 g/mol. The number of rotatable bonds is 5. The molecular formula is C15H17FN2O3. The first-order chi connectivity index (χ1) is 9.90. The molecule has 0 spiro atoms. The van der Waals surface area contributed by atoms with Crippen molar-refractivity contribution in [2.45, 2.75) is 32.8 Å². The van der Waals surface area contributed by atoms with Crippen molar-refractivity contribution in [1.29, 1.82) is 0 Å². The van der Waals surface area contributed by atoms with Gasteiger partial charge in [0.15, 0.2) is 0 Å². The minimum atomic E-state index is -0.703. The van der Waals surface area contributed by atoms with E-state index in [1.807, 2.05) is 13.8 Å². The van der Waals surface area contributed by atoms with Gasteiger partial charge in [0.25, 0.3) is 5.69 Å². The van der Waals surface area contributed by atoms with Gasteiger partial charge in [0.05, 0.1) is 28.0 Å². The number of fused-ring (bicyclic) bond motifs is 1. The fourth-order valence-electron chi connectivity index (χ4n) is 2.46. The van der Waals surface area contributed by atoms with Crippen molar-refractivity contribution in [3.63, 3.8) is 0 Å². The van der Waals surface area contributed by atoms with Crippen molar-refractivity contribution in [3.05, 3.63) is 45.9 Å². The Labute approximate surface area is 121 Å². The number of aliphatic hydroxyl groups excluding tert-OH is 1. The number of aliphatic hydroxyl groups is 1. The highest BCUT2D eigenvalue weighted by Gasteiger charge is 2.21. The first kappa shape index (κ1) is 15.3. The molecule has 1 aromatic carbocycles. The quantitative estimate of drug-likeness (QED) is 0.678. The van der Waals surface area contributed by atoms with E-state index in [-0.39, 0.29) is 34.5 Å². The molecule has 5 nitrogen and oxygen atoms in total. The maximum Gasteiger partial charge on any atom is 0.281 e. The average Bonchev–Trinajstić information content (AvgIpc) is 2.40. The van der Waals surface area contributed by atoms with Crippen LogP contribution in [0.2, 0.25) is 0 Å². The molecule has 0 aliphatic rings. The molecule has 2 aromatic rings. The number of benzene rings is 1. The summed E-state index contributed by atoms with van der Waals surface area (Å²) in [5.41, 5.74) is 0.161. The van der Waals surface area contributed by atoms with Crippen molar-refractivity contribution in [1.82, 2.24) is 4.98 Å². The van der Waals surface area contributed by atoms with E-state index in [2.05, 4.69) is 4.98 Å². The molecule has 2 rings (SSSR count). The van der Waals surface area contributed by atoms with Crippen LogP contribution in [0.15, 0.2) is 24.4 Å². The lowest BCUT2D eigenvalue weighted by Gasteiger charge is -2.14. The third kappa shape index (κ3) is 3.33. The highest BCUT2D eigenvalue weighted by Crippen LogP contribution is 2.30. The highest BCUT2D eigenvalue weighted by molar-refractivity contribution is 5.90. The summed E-state index contributed by atoms with van der Waals surface area (Å²) < 4.78 is 14.2. The predicted octanol–water partition coefficient (Wildman–Crippen LogP) is 3.23. The topological polar surface area (TPSA) is 76.3 Å². The summed E-state index contributed by atoms with van der Waals surface area (Å²) in [6, 6.07) is 4.02. The predicted molar refractivity (Wildman–Crippen MR) is 77.5 cm³/mol. The smallest absolute Gasteiger partial charge is 0.281 e. The van der Waals surface area contributed by atoms with E-state index in [1.165, 1.54) is 12.3 Å². The lowest BCUT2D eigenvalue weighted by atomic mass is 9.97. The maximum atomic E-state index is 14.2. The Morgan fingerprint density at radius 2 is 2.19 bits per heavy atom. The second-order valence-electron chi connectivity index (χ2n) is 5.50.